The Hall–Kier alpha value is -0.930. The first kappa shape index (κ1) is 13.5. The summed E-state index contributed by atoms with van der Waals surface area (Å²) in [6.07, 6.45) is 2.26. The molecule has 2 unspecified atom stereocenters. The summed E-state index contributed by atoms with van der Waals surface area (Å²) < 4.78 is 13.7. The standard InChI is InChI=1S/C15H23FN2/c1-12-7-9-18(11-12)10-8-15(17-2)13-5-3-4-6-14(13)16/h3-6,12,15,17H,7-11H2,1-2H3. The van der Waals surface area contributed by atoms with Crippen LogP contribution in [0.2, 0.25) is 0 Å². The van der Waals surface area contributed by atoms with Crippen molar-refractivity contribution in [2.45, 2.75) is 25.8 Å². The van der Waals surface area contributed by atoms with Crippen molar-refractivity contribution in [2.24, 2.45) is 5.92 Å². The summed E-state index contributed by atoms with van der Waals surface area (Å²) in [5.41, 5.74) is 0.784. The van der Waals surface area contributed by atoms with Gasteiger partial charge in [0.2, 0.25) is 0 Å². The molecule has 2 rings (SSSR count). The molecular weight excluding hydrogens is 227 g/mol. The van der Waals surface area contributed by atoms with Crippen molar-refractivity contribution >= 4 is 0 Å². The molecule has 1 fully saturated rings. The van der Waals surface area contributed by atoms with Crippen LogP contribution in [0.1, 0.15) is 31.4 Å². The molecule has 1 heterocycles. The van der Waals surface area contributed by atoms with Gasteiger partial charge < -0.3 is 10.2 Å². The highest BCUT2D eigenvalue weighted by Crippen LogP contribution is 2.22. The van der Waals surface area contributed by atoms with Gasteiger partial charge in [-0.3, -0.25) is 0 Å². The van der Waals surface area contributed by atoms with E-state index in [4.69, 9.17) is 0 Å². The van der Waals surface area contributed by atoms with Crippen LogP contribution in [-0.2, 0) is 0 Å². The van der Waals surface area contributed by atoms with Crippen molar-refractivity contribution in [2.75, 3.05) is 26.7 Å². The highest BCUT2D eigenvalue weighted by Gasteiger charge is 2.20. The lowest BCUT2D eigenvalue weighted by Crippen LogP contribution is -2.27. The van der Waals surface area contributed by atoms with E-state index in [1.807, 2.05) is 19.2 Å². The van der Waals surface area contributed by atoms with E-state index in [1.54, 1.807) is 6.07 Å². The van der Waals surface area contributed by atoms with Gasteiger partial charge in [-0.05, 0) is 45.0 Å². The molecule has 2 nitrogen and oxygen atoms in total. The van der Waals surface area contributed by atoms with Crippen LogP contribution in [0.3, 0.4) is 0 Å². The van der Waals surface area contributed by atoms with Gasteiger partial charge in [0.05, 0.1) is 0 Å². The molecule has 0 saturated carbocycles. The molecule has 1 N–H and O–H groups in total. The molecule has 0 aromatic heterocycles. The quantitative estimate of drug-likeness (QED) is 0.864. The molecule has 1 aliphatic heterocycles. The zero-order chi connectivity index (χ0) is 13.0. The van der Waals surface area contributed by atoms with Gasteiger partial charge in [-0.15, -0.1) is 0 Å². The van der Waals surface area contributed by atoms with Gasteiger partial charge in [-0.25, -0.2) is 4.39 Å². The SMILES string of the molecule is CNC(CCN1CCC(C)C1)c1ccccc1F. The molecule has 1 aromatic carbocycles. The van der Waals surface area contributed by atoms with Gasteiger partial charge >= 0.3 is 0 Å². The topological polar surface area (TPSA) is 15.3 Å². The third-order valence-electron chi connectivity index (χ3n) is 3.87. The minimum Gasteiger partial charge on any atom is -0.313 e. The largest absolute Gasteiger partial charge is 0.313 e. The highest BCUT2D eigenvalue weighted by atomic mass is 19.1. The van der Waals surface area contributed by atoms with Gasteiger partial charge in [0.25, 0.3) is 0 Å². The second-order valence-corrected chi connectivity index (χ2v) is 5.35. The normalized spacial score (nSPS) is 22.3. The predicted octanol–water partition coefficient (Wildman–Crippen LogP) is 2.82. The Morgan fingerprint density at radius 3 is 2.83 bits per heavy atom. The Morgan fingerprint density at radius 1 is 1.44 bits per heavy atom. The Kier molecular flexibility index (Phi) is 4.72. The summed E-state index contributed by atoms with van der Waals surface area (Å²) in [5.74, 6) is 0.707. The second-order valence-electron chi connectivity index (χ2n) is 5.35. The Balaban J connectivity index is 1.92. The van der Waals surface area contributed by atoms with Crippen molar-refractivity contribution < 1.29 is 4.39 Å². The van der Waals surface area contributed by atoms with Crippen LogP contribution in [0, 0.1) is 11.7 Å². The molecule has 1 aliphatic rings. The Morgan fingerprint density at radius 2 is 2.22 bits per heavy atom. The predicted molar refractivity (Wildman–Crippen MR) is 73.0 cm³/mol. The maximum Gasteiger partial charge on any atom is 0.127 e. The van der Waals surface area contributed by atoms with Crippen molar-refractivity contribution in [1.29, 1.82) is 0 Å². The molecule has 100 valence electrons. The molecule has 1 saturated heterocycles. The minimum absolute atomic E-state index is 0.105. The second kappa shape index (κ2) is 6.30. The lowest BCUT2D eigenvalue weighted by Gasteiger charge is -2.21. The van der Waals surface area contributed by atoms with E-state index in [9.17, 15) is 4.39 Å². The summed E-state index contributed by atoms with van der Waals surface area (Å²) in [4.78, 5) is 2.48. The summed E-state index contributed by atoms with van der Waals surface area (Å²) in [5, 5.41) is 3.23. The van der Waals surface area contributed by atoms with Crippen molar-refractivity contribution in [3.8, 4) is 0 Å². The number of halogens is 1. The van der Waals surface area contributed by atoms with Crippen LogP contribution in [0.25, 0.3) is 0 Å². The van der Waals surface area contributed by atoms with Crippen molar-refractivity contribution in [3.05, 3.63) is 35.6 Å². The molecule has 0 spiro atoms. The maximum atomic E-state index is 13.7. The number of rotatable bonds is 5. The van der Waals surface area contributed by atoms with Crippen LogP contribution >= 0.6 is 0 Å². The fraction of sp³-hybridized carbons (Fsp3) is 0.600. The number of likely N-dealkylation sites (tertiary alicyclic amines) is 1. The van der Waals surface area contributed by atoms with Crippen LogP contribution < -0.4 is 5.32 Å². The fourth-order valence-corrected chi connectivity index (χ4v) is 2.75. The molecule has 18 heavy (non-hydrogen) atoms. The Bertz CT molecular complexity index is 381. The third kappa shape index (κ3) is 3.30. The third-order valence-corrected chi connectivity index (χ3v) is 3.87. The van der Waals surface area contributed by atoms with E-state index < -0.39 is 0 Å². The zero-order valence-electron chi connectivity index (χ0n) is 11.3. The Labute approximate surface area is 109 Å². The molecule has 0 radical (unpaired) electrons. The van der Waals surface area contributed by atoms with Crippen LogP contribution in [-0.4, -0.2) is 31.6 Å². The van der Waals surface area contributed by atoms with Gasteiger partial charge in [0.1, 0.15) is 5.82 Å². The van der Waals surface area contributed by atoms with E-state index in [-0.39, 0.29) is 11.9 Å². The zero-order valence-corrected chi connectivity index (χ0v) is 11.3. The maximum absolute atomic E-state index is 13.7. The van der Waals surface area contributed by atoms with E-state index in [0.717, 1.165) is 24.4 Å². The summed E-state index contributed by atoms with van der Waals surface area (Å²) in [7, 11) is 1.91. The summed E-state index contributed by atoms with van der Waals surface area (Å²) >= 11 is 0. The average Bonchev–Trinajstić information content (AvgIpc) is 2.78. The van der Waals surface area contributed by atoms with E-state index in [2.05, 4.69) is 17.1 Å². The van der Waals surface area contributed by atoms with Crippen molar-refractivity contribution in [1.82, 2.24) is 10.2 Å². The molecular formula is C15H23FN2. The smallest absolute Gasteiger partial charge is 0.127 e. The number of hydrogen-bond acceptors (Lipinski definition) is 2. The summed E-state index contributed by atoms with van der Waals surface area (Å²) in [6, 6.07) is 7.18. The molecule has 0 bridgehead atoms. The number of nitrogens with zero attached hydrogens (tertiary/aromatic N) is 1. The van der Waals surface area contributed by atoms with Gasteiger partial charge in [0, 0.05) is 18.2 Å². The molecule has 3 heteroatoms. The lowest BCUT2D eigenvalue weighted by atomic mass is 10.0. The van der Waals surface area contributed by atoms with Crippen molar-refractivity contribution in [3.63, 3.8) is 0 Å². The molecule has 0 amide bonds. The van der Waals surface area contributed by atoms with Gasteiger partial charge in [-0.2, -0.15) is 0 Å². The van der Waals surface area contributed by atoms with Crippen LogP contribution in [0.4, 0.5) is 4.39 Å². The lowest BCUT2D eigenvalue weighted by molar-refractivity contribution is 0.303. The number of nitrogens with one attached hydrogen (secondary N) is 1. The van der Waals surface area contributed by atoms with Gasteiger partial charge in [-0.1, -0.05) is 25.1 Å². The first-order valence-electron chi connectivity index (χ1n) is 6.84. The monoisotopic (exact) mass is 250 g/mol. The van der Waals surface area contributed by atoms with Gasteiger partial charge in [0.15, 0.2) is 0 Å². The van der Waals surface area contributed by atoms with Crippen LogP contribution in [0.15, 0.2) is 24.3 Å². The van der Waals surface area contributed by atoms with E-state index in [1.165, 1.54) is 25.6 Å². The minimum atomic E-state index is -0.105. The van der Waals surface area contributed by atoms with E-state index in [0.29, 0.717) is 0 Å². The van der Waals surface area contributed by atoms with E-state index >= 15 is 0 Å². The summed E-state index contributed by atoms with van der Waals surface area (Å²) in [6.45, 7) is 5.72. The number of hydrogen-bond donors (Lipinski definition) is 1. The molecule has 2 atom stereocenters. The fourth-order valence-electron chi connectivity index (χ4n) is 2.75. The van der Waals surface area contributed by atoms with Crippen LogP contribution in [0.5, 0.6) is 0 Å². The molecule has 0 aliphatic carbocycles. The average molecular weight is 250 g/mol. The first-order valence-corrected chi connectivity index (χ1v) is 6.84. The number of benzene rings is 1. The highest BCUT2D eigenvalue weighted by molar-refractivity contribution is 5.21. The first-order chi connectivity index (χ1) is 8.70. The molecule has 1 aromatic rings.